The van der Waals surface area contributed by atoms with Crippen LogP contribution in [0.5, 0.6) is 0 Å². The maximum atomic E-state index is 11.3. The smallest absolute Gasteiger partial charge is 0.219 e. The van der Waals surface area contributed by atoms with Crippen LogP contribution in [-0.2, 0) is 19.1 Å². The van der Waals surface area contributed by atoms with Gasteiger partial charge in [0.2, 0.25) is 11.8 Å². The van der Waals surface area contributed by atoms with Gasteiger partial charge >= 0.3 is 0 Å². The third-order valence-corrected chi connectivity index (χ3v) is 5.43. The van der Waals surface area contributed by atoms with Crippen molar-refractivity contribution in [3.8, 4) is 0 Å². The van der Waals surface area contributed by atoms with Crippen LogP contribution >= 0.6 is 0 Å². The van der Waals surface area contributed by atoms with Gasteiger partial charge in [0, 0.05) is 53.1 Å². The zero-order chi connectivity index (χ0) is 18.9. The normalized spacial score (nSPS) is 20.0. The van der Waals surface area contributed by atoms with E-state index < -0.39 is 0 Å². The van der Waals surface area contributed by atoms with Gasteiger partial charge in [-0.05, 0) is 32.7 Å². The molecule has 0 N–H and O–H groups in total. The molecule has 0 radical (unpaired) electrons. The Morgan fingerprint density at radius 1 is 0.808 bits per heavy atom. The van der Waals surface area contributed by atoms with Crippen molar-refractivity contribution in [2.45, 2.75) is 51.7 Å². The number of hydrogen-bond donors (Lipinski definition) is 0. The molecule has 2 rings (SSSR count). The molecular formula is C19H35N3O4. The van der Waals surface area contributed by atoms with Gasteiger partial charge in [-0.3, -0.25) is 9.59 Å². The molecule has 2 amide bonds. The van der Waals surface area contributed by atoms with Gasteiger partial charge in [-0.25, -0.2) is 0 Å². The number of likely N-dealkylation sites (tertiary alicyclic amines) is 2. The Hall–Kier alpha value is -1.18. The highest BCUT2D eigenvalue weighted by molar-refractivity contribution is 5.73. The Labute approximate surface area is 157 Å². The second kappa shape index (κ2) is 10.8. The lowest BCUT2D eigenvalue weighted by Crippen LogP contribution is -2.41. The number of carbonyl (C=O) groups is 2. The molecule has 0 spiro atoms. The van der Waals surface area contributed by atoms with Crippen molar-refractivity contribution in [2.75, 3.05) is 59.5 Å². The quantitative estimate of drug-likeness (QED) is 0.638. The molecule has 7 heteroatoms. The summed E-state index contributed by atoms with van der Waals surface area (Å²) in [5.74, 6) is 0.324. The first-order valence-electron chi connectivity index (χ1n) is 9.88. The predicted molar refractivity (Wildman–Crippen MR) is 100.0 cm³/mol. The molecule has 0 aromatic carbocycles. The van der Waals surface area contributed by atoms with E-state index in [0.29, 0.717) is 0 Å². The minimum atomic E-state index is 0.162. The summed E-state index contributed by atoms with van der Waals surface area (Å²) >= 11 is 0. The second-order valence-corrected chi connectivity index (χ2v) is 7.46. The molecule has 0 unspecified atom stereocenters. The van der Waals surface area contributed by atoms with E-state index in [2.05, 4.69) is 11.9 Å². The number of rotatable bonds is 8. The van der Waals surface area contributed by atoms with Crippen LogP contribution in [0.1, 0.15) is 39.5 Å². The molecule has 0 saturated carbocycles. The fraction of sp³-hybridized carbons (Fsp3) is 0.895. The zero-order valence-electron chi connectivity index (χ0n) is 16.6. The van der Waals surface area contributed by atoms with Gasteiger partial charge in [0.15, 0.2) is 0 Å². The SMILES string of the molecule is CC(=O)N1CCC(OCCN(C)CCOC2CCN(C(C)=O)CC2)CC1. The van der Waals surface area contributed by atoms with Crippen molar-refractivity contribution >= 4 is 11.8 Å². The van der Waals surface area contributed by atoms with Gasteiger partial charge in [0.25, 0.3) is 0 Å². The average Bonchev–Trinajstić information content (AvgIpc) is 2.62. The summed E-state index contributed by atoms with van der Waals surface area (Å²) in [6, 6.07) is 0. The van der Waals surface area contributed by atoms with E-state index in [-0.39, 0.29) is 24.0 Å². The number of piperidine rings is 2. The third kappa shape index (κ3) is 7.21. The van der Waals surface area contributed by atoms with Crippen LogP contribution in [0, 0.1) is 0 Å². The lowest BCUT2D eigenvalue weighted by atomic mass is 10.1. The maximum absolute atomic E-state index is 11.3. The second-order valence-electron chi connectivity index (χ2n) is 7.46. The zero-order valence-corrected chi connectivity index (χ0v) is 16.6. The molecule has 0 aromatic rings. The monoisotopic (exact) mass is 369 g/mol. The van der Waals surface area contributed by atoms with E-state index in [9.17, 15) is 9.59 Å². The fourth-order valence-electron chi connectivity index (χ4n) is 3.54. The largest absolute Gasteiger partial charge is 0.377 e. The molecule has 0 aliphatic carbocycles. The van der Waals surface area contributed by atoms with Crippen molar-refractivity contribution in [1.82, 2.24) is 14.7 Å². The van der Waals surface area contributed by atoms with E-state index in [1.165, 1.54) is 0 Å². The molecule has 2 saturated heterocycles. The highest BCUT2D eigenvalue weighted by atomic mass is 16.5. The average molecular weight is 370 g/mol. The lowest BCUT2D eigenvalue weighted by molar-refractivity contribution is -0.132. The van der Waals surface area contributed by atoms with Crippen molar-refractivity contribution in [3.05, 3.63) is 0 Å². The molecule has 7 nitrogen and oxygen atoms in total. The van der Waals surface area contributed by atoms with Gasteiger partial charge in [-0.2, -0.15) is 0 Å². The van der Waals surface area contributed by atoms with Crippen LogP contribution in [0.2, 0.25) is 0 Å². The first-order valence-corrected chi connectivity index (χ1v) is 9.88. The molecule has 2 aliphatic heterocycles. The van der Waals surface area contributed by atoms with Crippen molar-refractivity contribution in [2.24, 2.45) is 0 Å². The van der Waals surface area contributed by atoms with E-state index in [1.54, 1.807) is 13.8 Å². The molecule has 2 heterocycles. The lowest BCUT2D eigenvalue weighted by Gasteiger charge is -2.32. The standard InChI is InChI=1S/C19H35N3O4/c1-16(23)21-8-4-18(5-9-21)25-14-12-20(3)13-15-26-19-6-10-22(11-7-19)17(2)24/h18-19H,4-15H2,1-3H3. The molecule has 150 valence electrons. The summed E-state index contributed by atoms with van der Waals surface area (Å²) < 4.78 is 11.9. The number of nitrogens with zero attached hydrogens (tertiary/aromatic N) is 3. The van der Waals surface area contributed by atoms with E-state index in [1.807, 2.05) is 9.80 Å². The van der Waals surface area contributed by atoms with Gasteiger partial charge < -0.3 is 24.2 Å². The summed E-state index contributed by atoms with van der Waals surface area (Å²) in [5, 5.41) is 0. The number of carbonyl (C=O) groups excluding carboxylic acids is 2. The van der Waals surface area contributed by atoms with Crippen LogP contribution < -0.4 is 0 Å². The Balaban J connectivity index is 1.48. The molecular weight excluding hydrogens is 334 g/mol. The highest BCUT2D eigenvalue weighted by Crippen LogP contribution is 2.14. The van der Waals surface area contributed by atoms with Crippen LogP contribution in [0.3, 0.4) is 0 Å². The number of likely N-dealkylation sites (N-methyl/N-ethyl adjacent to an activating group) is 1. The summed E-state index contributed by atoms with van der Waals surface area (Å²) in [6.45, 7) is 9.72. The topological polar surface area (TPSA) is 62.3 Å². The first kappa shape index (κ1) is 21.1. The Kier molecular flexibility index (Phi) is 8.81. The van der Waals surface area contributed by atoms with Crippen molar-refractivity contribution in [3.63, 3.8) is 0 Å². The van der Waals surface area contributed by atoms with Crippen LogP contribution in [0.25, 0.3) is 0 Å². The summed E-state index contributed by atoms with van der Waals surface area (Å²) in [4.78, 5) is 28.7. The minimum absolute atomic E-state index is 0.162. The van der Waals surface area contributed by atoms with Crippen LogP contribution in [-0.4, -0.2) is 98.3 Å². The Bertz CT molecular complexity index is 404. The molecule has 2 aliphatic rings. The first-order chi connectivity index (χ1) is 12.5. The van der Waals surface area contributed by atoms with E-state index >= 15 is 0 Å². The van der Waals surface area contributed by atoms with E-state index in [0.717, 1.165) is 78.2 Å². The van der Waals surface area contributed by atoms with Gasteiger partial charge in [-0.1, -0.05) is 0 Å². The number of amides is 2. The van der Waals surface area contributed by atoms with Crippen molar-refractivity contribution < 1.29 is 19.1 Å². The number of ether oxygens (including phenoxy) is 2. The Morgan fingerprint density at radius 2 is 1.15 bits per heavy atom. The number of hydrogen-bond acceptors (Lipinski definition) is 5. The summed E-state index contributed by atoms with van der Waals surface area (Å²) in [6.07, 6.45) is 4.30. The van der Waals surface area contributed by atoms with Gasteiger partial charge in [0.1, 0.15) is 0 Å². The maximum Gasteiger partial charge on any atom is 0.219 e. The summed E-state index contributed by atoms with van der Waals surface area (Å²) in [7, 11) is 2.09. The van der Waals surface area contributed by atoms with Crippen LogP contribution in [0.4, 0.5) is 0 Å². The fourth-order valence-corrected chi connectivity index (χ4v) is 3.54. The van der Waals surface area contributed by atoms with Crippen molar-refractivity contribution in [1.29, 1.82) is 0 Å². The predicted octanol–water partition coefficient (Wildman–Crippen LogP) is 0.973. The van der Waals surface area contributed by atoms with Crippen LogP contribution in [0.15, 0.2) is 0 Å². The minimum Gasteiger partial charge on any atom is -0.377 e. The van der Waals surface area contributed by atoms with Gasteiger partial charge in [-0.15, -0.1) is 0 Å². The van der Waals surface area contributed by atoms with E-state index in [4.69, 9.17) is 9.47 Å². The molecule has 26 heavy (non-hydrogen) atoms. The Morgan fingerprint density at radius 3 is 1.46 bits per heavy atom. The van der Waals surface area contributed by atoms with Gasteiger partial charge in [0.05, 0.1) is 25.4 Å². The highest BCUT2D eigenvalue weighted by Gasteiger charge is 2.22. The summed E-state index contributed by atoms with van der Waals surface area (Å²) in [5.41, 5.74) is 0. The molecule has 0 atom stereocenters. The third-order valence-electron chi connectivity index (χ3n) is 5.43. The molecule has 0 aromatic heterocycles. The molecule has 2 fully saturated rings. The molecule has 0 bridgehead atoms.